The zero-order valence-corrected chi connectivity index (χ0v) is 6.49. The van der Waals surface area contributed by atoms with E-state index in [0.29, 0.717) is 0 Å². The fourth-order valence-corrected chi connectivity index (χ4v) is 0.722. The molecule has 1 rings (SSSR count). The third kappa shape index (κ3) is 1.76. The lowest BCUT2D eigenvalue weighted by molar-refractivity contribution is -0.385. The van der Waals surface area contributed by atoms with E-state index in [4.69, 9.17) is 11.6 Å². The molecule has 0 radical (unpaired) electrons. The number of aromatic nitrogens is 1. The maximum absolute atomic E-state index is 10.5. The summed E-state index contributed by atoms with van der Waals surface area (Å²) in [7, 11) is 0. The van der Waals surface area contributed by atoms with Crippen LogP contribution in [0.5, 0.6) is 0 Å². The molecule has 0 fully saturated rings. The average molecular weight is 187 g/mol. The Morgan fingerprint density at radius 2 is 2.25 bits per heavy atom. The molecule has 1 heterocycles. The first kappa shape index (κ1) is 8.61. The summed E-state index contributed by atoms with van der Waals surface area (Å²) in [6, 6.07) is 2.37. The van der Waals surface area contributed by atoms with Crippen molar-refractivity contribution in [2.45, 2.75) is 0 Å². The van der Waals surface area contributed by atoms with E-state index < -0.39 is 10.2 Å². The van der Waals surface area contributed by atoms with Crippen LogP contribution < -0.4 is 0 Å². The van der Waals surface area contributed by atoms with Gasteiger partial charge in [0, 0.05) is 6.07 Å². The lowest BCUT2D eigenvalue weighted by atomic mass is 10.3. The molecule has 0 amide bonds. The molecule has 1 aromatic rings. The highest BCUT2D eigenvalue weighted by molar-refractivity contribution is 6.67. The van der Waals surface area contributed by atoms with E-state index in [1.807, 2.05) is 0 Å². The SMILES string of the molecule is O=C(Cl)c1ccc([N+](=O)[O-])cn1. The van der Waals surface area contributed by atoms with E-state index in [1.54, 1.807) is 0 Å². The van der Waals surface area contributed by atoms with Crippen LogP contribution in [0.2, 0.25) is 0 Å². The predicted octanol–water partition coefficient (Wildman–Crippen LogP) is 1.37. The van der Waals surface area contributed by atoms with Crippen molar-refractivity contribution in [2.24, 2.45) is 0 Å². The van der Waals surface area contributed by atoms with Gasteiger partial charge in [-0.2, -0.15) is 0 Å². The van der Waals surface area contributed by atoms with Crippen LogP contribution in [0.25, 0.3) is 0 Å². The largest absolute Gasteiger partial charge is 0.287 e. The molecule has 0 bridgehead atoms. The van der Waals surface area contributed by atoms with Gasteiger partial charge in [0.1, 0.15) is 11.9 Å². The maximum Gasteiger partial charge on any atom is 0.287 e. The molecule has 0 aliphatic carbocycles. The highest BCUT2D eigenvalue weighted by Crippen LogP contribution is 2.09. The number of hydrogen-bond donors (Lipinski definition) is 0. The van der Waals surface area contributed by atoms with Crippen LogP contribution in [0, 0.1) is 10.1 Å². The number of pyridine rings is 1. The normalized spacial score (nSPS) is 9.42. The molecule has 6 heteroatoms. The fourth-order valence-electron chi connectivity index (χ4n) is 0.610. The first-order valence-corrected chi connectivity index (χ1v) is 3.29. The number of halogens is 1. The lowest BCUT2D eigenvalue weighted by Gasteiger charge is -1.91. The molecule has 0 aromatic carbocycles. The molecule has 0 N–H and O–H groups in total. The van der Waals surface area contributed by atoms with E-state index in [-0.39, 0.29) is 11.4 Å². The van der Waals surface area contributed by atoms with Gasteiger partial charge in [0.2, 0.25) is 0 Å². The number of hydrogen-bond acceptors (Lipinski definition) is 4. The Bertz CT molecular complexity index is 289. The second kappa shape index (κ2) is 3.27. The van der Waals surface area contributed by atoms with Crippen LogP contribution in [0.15, 0.2) is 18.3 Å². The smallest absolute Gasteiger partial charge is 0.274 e. The zero-order valence-electron chi connectivity index (χ0n) is 5.73. The second-order valence-electron chi connectivity index (χ2n) is 1.93. The zero-order chi connectivity index (χ0) is 9.14. The summed E-state index contributed by atoms with van der Waals surface area (Å²) in [5.74, 6) is 0. The first-order chi connectivity index (χ1) is 5.61. The van der Waals surface area contributed by atoms with Gasteiger partial charge >= 0.3 is 0 Å². The van der Waals surface area contributed by atoms with Crippen molar-refractivity contribution in [3.05, 3.63) is 34.1 Å². The van der Waals surface area contributed by atoms with E-state index in [2.05, 4.69) is 4.98 Å². The summed E-state index contributed by atoms with van der Waals surface area (Å²) in [5, 5.41) is 9.40. The Labute approximate surface area is 72.1 Å². The minimum absolute atomic E-state index is 0.00210. The van der Waals surface area contributed by atoms with E-state index in [9.17, 15) is 14.9 Å². The quantitative estimate of drug-likeness (QED) is 0.397. The van der Waals surface area contributed by atoms with Crippen LogP contribution in [-0.4, -0.2) is 15.1 Å². The summed E-state index contributed by atoms with van der Waals surface area (Å²) >= 11 is 5.06. The molecule has 62 valence electrons. The number of nitrogens with zero attached hydrogens (tertiary/aromatic N) is 2. The third-order valence-corrected chi connectivity index (χ3v) is 1.35. The lowest BCUT2D eigenvalue weighted by Crippen LogP contribution is -1.95. The molecule has 12 heavy (non-hydrogen) atoms. The van der Waals surface area contributed by atoms with Crippen LogP contribution in [0.3, 0.4) is 0 Å². The standard InChI is InChI=1S/C6H3ClN2O3/c7-6(10)5-2-1-4(3-8-5)9(11)12/h1-3H. The second-order valence-corrected chi connectivity index (χ2v) is 2.28. The Morgan fingerprint density at radius 1 is 1.58 bits per heavy atom. The Morgan fingerprint density at radius 3 is 2.58 bits per heavy atom. The Hall–Kier alpha value is -1.49. The number of carbonyl (C=O) groups excluding carboxylic acids is 1. The van der Waals surface area contributed by atoms with Gasteiger partial charge in [-0.3, -0.25) is 14.9 Å². The van der Waals surface area contributed by atoms with Gasteiger partial charge in [-0.1, -0.05) is 0 Å². The van der Waals surface area contributed by atoms with Gasteiger partial charge in [-0.15, -0.1) is 0 Å². The van der Waals surface area contributed by atoms with Gasteiger partial charge in [0.25, 0.3) is 10.9 Å². The predicted molar refractivity (Wildman–Crippen MR) is 41.1 cm³/mol. The molecule has 0 atom stereocenters. The van der Waals surface area contributed by atoms with Crippen LogP contribution >= 0.6 is 11.6 Å². The maximum atomic E-state index is 10.5. The Kier molecular flexibility index (Phi) is 2.35. The van der Waals surface area contributed by atoms with Gasteiger partial charge < -0.3 is 0 Å². The highest BCUT2D eigenvalue weighted by Gasteiger charge is 2.07. The summed E-state index contributed by atoms with van der Waals surface area (Å²) < 4.78 is 0. The van der Waals surface area contributed by atoms with Gasteiger partial charge in [0.15, 0.2) is 0 Å². The molecule has 0 aliphatic rings. The summed E-state index contributed by atoms with van der Waals surface area (Å²) in [6.07, 6.45) is 0.982. The Balaban J connectivity index is 3.01. The van der Waals surface area contributed by atoms with Crippen molar-refractivity contribution in [2.75, 3.05) is 0 Å². The van der Waals surface area contributed by atoms with Gasteiger partial charge in [-0.25, -0.2) is 4.98 Å². The number of rotatable bonds is 2. The van der Waals surface area contributed by atoms with Crippen molar-refractivity contribution in [3.8, 4) is 0 Å². The number of carbonyl (C=O) groups is 1. The van der Waals surface area contributed by atoms with Gasteiger partial charge in [0.05, 0.1) is 4.92 Å². The average Bonchev–Trinajstić information content (AvgIpc) is 2.04. The molecule has 0 unspecified atom stereocenters. The van der Waals surface area contributed by atoms with Crippen LogP contribution in [0.4, 0.5) is 5.69 Å². The molecule has 0 saturated carbocycles. The summed E-state index contributed by atoms with van der Waals surface area (Å²) in [4.78, 5) is 23.5. The minimum atomic E-state index is -0.732. The van der Waals surface area contributed by atoms with E-state index >= 15 is 0 Å². The van der Waals surface area contributed by atoms with E-state index in [0.717, 1.165) is 6.20 Å². The molecular weight excluding hydrogens is 184 g/mol. The van der Waals surface area contributed by atoms with Crippen LogP contribution in [0.1, 0.15) is 10.5 Å². The van der Waals surface area contributed by atoms with E-state index in [1.165, 1.54) is 12.1 Å². The molecule has 0 spiro atoms. The fraction of sp³-hybridized carbons (Fsp3) is 0. The molecule has 0 aliphatic heterocycles. The van der Waals surface area contributed by atoms with Crippen molar-refractivity contribution in [1.29, 1.82) is 0 Å². The van der Waals surface area contributed by atoms with Crippen molar-refractivity contribution >= 4 is 22.5 Å². The monoisotopic (exact) mass is 186 g/mol. The molecule has 1 aromatic heterocycles. The van der Waals surface area contributed by atoms with Crippen molar-refractivity contribution in [1.82, 2.24) is 4.98 Å². The first-order valence-electron chi connectivity index (χ1n) is 2.91. The summed E-state index contributed by atoms with van der Waals surface area (Å²) in [5.41, 5.74) is -0.168. The molecule has 0 saturated heterocycles. The summed E-state index contributed by atoms with van der Waals surface area (Å²) in [6.45, 7) is 0. The third-order valence-electron chi connectivity index (χ3n) is 1.16. The minimum Gasteiger partial charge on any atom is -0.274 e. The number of nitro groups is 1. The molecule has 5 nitrogen and oxygen atoms in total. The van der Waals surface area contributed by atoms with Gasteiger partial charge in [-0.05, 0) is 17.7 Å². The highest BCUT2D eigenvalue weighted by atomic mass is 35.5. The van der Waals surface area contributed by atoms with Crippen molar-refractivity contribution in [3.63, 3.8) is 0 Å². The molecular formula is C6H3ClN2O3. The van der Waals surface area contributed by atoms with Crippen LogP contribution in [-0.2, 0) is 0 Å². The topological polar surface area (TPSA) is 73.1 Å². The van der Waals surface area contributed by atoms with Crippen molar-refractivity contribution < 1.29 is 9.72 Å².